The Labute approximate surface area is 115 Å². The zero-order valence-electron chi connectivity index (χ0n) is 10.5. The molecule has 0 spiro atoms. The van der Waals surface area contributed by atoms with Crippen LogP contribution in [0, 0.1) is 0 Å². The molecule has 0 radical (unpaired) electrons. The molecule has 0 aromatic rings. The van der Waals surface area contributed by atoms with E-state index in [4.69, 9.17) is 0 Å². The van der Waals surface area contributed by atoms with Crippen molar-refractivity contribution in [2.45, 2.75) is 19.0 Å². The van der Waals surface area contributed by atoms with E-state index in [0.717, 1.165) is 13.0 Å². The first kappa shape index (κ1) is 21.4. The van der Waals surface area contributed by atoms with Crippen molar-refractivity contribution in [3.05, 3.63) is 37.3 Å². The number of rotatable bonds is 1. The van der Waals surface area contributed by atoms with Gasteiger partial charge in [0.2, 0.25) is 5.91 Å². The van der Waals surface area contributed by atoms with Gasteiger partial charge in [-0.2, -0.15) is 35.1 Å². The summed E-state index contributed by atoms with van der Waals surface area (Å²) in [5.41, 5.74) is 0. The summed E-state index contributed by atoms with van der Waals surface area (Å²) >= 11 is 0. The fourth-order valence-corrected chi connectivity index (χ4v) is 0.969. The van der Waals surface area contributed by atoms with E-state index in [1.54, 1.807) is 11.1 Å². The molecule has 0 bridgehead atoms. The number of carbonyl (C=O) groups is 1. The van der Waals surface area contributed by atoms with Crippen molar-refractivity contribution >= 4 is 5.91 Å². The Balaban J connectivity index is 0. The summed E-state index contributed by atoms with van der Waals surface area (Å²) in [5, 5.41) is 0. The first-order valence-corrected chi connectivity index (χ1v) is 5.13. The lowest BCUT2D eigenvalue weighted by Gasteiger charge is -2.05. The molecule has 0 atom stereocenters. The van der Waals surface area contributed by atoms with Gasteiger partial charge in [-0.25, -0.2) is 0 Å². The van der Waals surface area contributed by atoms with E-state index < -0.39 is 24.2 Å². The van der Waals surface area contributed by atoms with E-state index in [1.165, 1.54) is 0 Å². The van der Waals surface area contributed by atoms with Crippen molar-refractivity contribution in [1.29, 1.82) is 0 Å². The predicted molar refractivity (Wildman–Crippen MR) is 58.9 cm³/mol. The molecule has 1 rings (SSSR count). The molecule has 0 N–H and O–H groups in total. The highest BCUT2D eigenvalue weighted by Gasteiger charge is 2.38. The topological polar surface area (TPSA) is 20.3 Å². The molecule has 1 saturated heterocycles. The van der Waals surface area contributed by atoms with Crippen LogP contribution in [0.25, 0.3) is 0 Å². The van der Waals surface area contributed by atoms with Gasteiger partial charge in [-0.3, -0.25) is 4.79 Å². The monoisotopic (exact) mass is 325 g/mol. The Kier molecular flexibility index (Phi) is 10.1. The molecule has 0 aliphatic carbocycles. The number of hydrogen-bond donors (Lipinski definition) is 0. The van der Waals surface area contributed by atoms with Crippen molar-refractivity contribution in [3.8, 4) is 0 Å². The lowest BCUT2D eigenvalue weighted by Crippen LogP contribution is -2.16. The van der Waals surface area contributed by atoms with Gasteiger partial charge in [0.1, 0.15) is 0 Å². The van der Waals surface area contributed by atoms with Gasteiger partial charge in [-0.15, -0.1) is 0 Å². The second kappa shape index (κ2) is 9.94. The maximum atomic E-state index is 11.0. The number of likely N-dealkylation sites (tertiary alicyclic amines) is 1. The smallest absolute Gasteiger partial charge is 0.320 e. The minimum atomic E-state index is -5.56. The fourth-order valence-electron chi connectivity index (χ4n) is 0.969. The normalized spacial score (nSPS) is 13.5. The van der Waals surface area contributed by atoms with E-state index in [0.29, 0.717) is 6.42 Å². The molecule has 2 nitrogen and oxygen atoms in total. The van der Waals surface area contributed by atoms with Crippen LogP contribution in [0.5, 0.6) is 0 Å². The second-order valence-electron chi connectivity index (χ2n) is 3.28. The summed E-state index contributed by atoms with van der Waals surface area (Å²) in [4.78, 5) is 12.3. The number of nitrogens with zero attached hydrogens (tertiary/aromatic N) is 1. The first-order chi connectivity index (χ1) is 9.43. The average molecular weight is 325 g/mol. The van der Waals surface area contributed by atoms with Crippen LogP contribution < -0.4 is 0 Å². The van der Waals surface area contributed by atoms with Crippen LogP contribution in [-0.4, -0.2) is 23.5 Å². The van der Waals surface area contributed by atoms with E-state index in [1.807, 2.05) is 0 Å². The van der Waals surface area contributed by atoms with E-state index in [2.05, 4.69) is 13.2 Å². The van der Waals surface area contributed by atoms with Gasteiger partial charge in [-0.1, -0.05) is 6.58 Å². The molecule has 1 fully saturated rings. The van der Waals surface area contributed by atoms with E-state index in [-0.39, 0.29) is 5.91 Å². The standard InChI is InChI=1S/C6H9NO.C3F6.C2H2F2/c1-2-7-5-3-4-6(7)8;4-1(2(5)6)3(7,8)9;1-2(3)4/h2H,1,3-5H2;;1H2. The molecule has 0 aromatic heterocycles. The SMILES string of the molecule is C=C(F)F.C=CN1CCCC1=O.FC(F)=C(F)C(F)(F)F. The fraction of sp³-hybridized carbons (Fsp3) is 0.364. The van der Waals surface area contributed by atoms with Crippen LogP contribution in [0.15, 0.2) is 37.3 Å². The predicted octanol–water partition coefficient (Wildman–Crippen LogP) is 4.78. The Morgan fingerprint density at radius 2 is 1.57 bits per heavy atom. The van der Waals surface area contributed by atoms with Gasteiger partial charge >= 0.3 is 12.3 Å². The summed E-state index contributed by atoms with van der Waals surface area (Å²) in [5.74, 6) is -3.12. The molecule has 122 valence electrons. The molecule has 0 saturated carbocycles. The van der Waals surface area contributed by atoms with Gasteiger partial charge in [-0.05, 0) is 19.2 Å². The Morgan fingerprint density at radius 3 is 1.67 bits per heavy atom. The van der Waals surface area contributed by atoms with Crippen molar-refractivity contribution < 1.29 is 39.9 Å². The quantitative estimate of drug-likeness (QED) is 0.636. The third kappa shape index (κ3) is 11.6. The molecule has 21 heavy (non-hydrogen) atoms. The molecular formula is C11H11F8NO. The summed E-state index contributed by atoms with van der Waals surface area (Å²) in [6, 6.07) is 0. The van der Waals surface area contributed by atoms with Gasteiger partial charge in [0.15, 0.2) is 0 Å². The highest BCUT2D eigenvalue weighted by Crippen LogP contribution is 2.29. The third-order valence-corrected chi connectivity index (χ3v) is 1.75. The average Bonchev–Trinajstić information content (AvgIpc) is 2.72. The van der Waals surface area contributed by atoms with Crippen molar-refractivity contribution in [3.63, 3.8) is 0 Å². The zero-order chi connectivity index (χ0) is 17.2. The molecule has 1 aliphatic rings. The maximum Gasteiger partial charge on any atom is 0.448 e. The number of allylic oxidation sites excluding steroid dienone is 1. The van der Waals surface area contributed by atoms with Crippen LogP contribution in [0.4, 0.5) is 35.1 Å². The number of amides is 1. The van der Waals surface area contributed by atoms with Gasteiger partial charge in [0, 0.05) is 13.0 Å². The summed E-state index contributed by atoms with van der Waals surface area (Å²) in [7, 11) is 0. The highest BCUT2D eigenvalue weighted by molar-refractivity contribution is 5.78. The van der Waals surface area contributed by atoms with Gasteiger partial charge < -0.3 is 4.90 Å². The number of halogens is 8. The van der Waals surface area contributed by atoms with Gasteiger partial charge in [0.25, 0.3) is 11.9 Å². The summed E-state index contributed by atoms with van der Waals surface area (Å²) in [6.07, 6.45) is -7.45. The molecule has 10 heteroatoms. The van der Waals surface area contributed by atoms with Crippen LogP contribution in [0.3, 0.4) is 0 Å². The molecule has 1 aliphatic heterocycles. The van der Waals surface area contributed by atoms with Crippen molar-refractivity contribution in [2.75, 3.05) is 6.54 Å². The summed E-state index contributed by atoms with van der Waals surface area (Å²) < 4.78 is 85.1. The number of carbonyl (C=O) groups excluding carboxylic acids is 1. The van der Waals surface area contributed by atoms with Crippen LogP contribution in [-0.2, 0) is 4.79 Å². The Bertz CT molecular complexity index is 394. The lowest BCUT2D eigenvalue weighted by molar-refractivity contribution is -0.125. The van der Waals surface area contributed by atoms with Gasteiger partial charge in [0.05, 0.1) is 0 Å². The van der Waals surface area contributed by atoms with Crippen LogP contribution >= 0.6 is 0 Å². The van der Waals surface area contributed by atoms with E-state index in [9.17, 15) is 39.9 Å². The maximum absolute atomic E-state index is 11.0. The lowest BCUT2D eigenvalue weighted by atomic mass is 10.4. The van der Waals surface area contributed by atoms with Crippen LogP contribution in [0.2, 0.25) is 0 Å². The minimum absolute atomic E-state index is 0.208. The zero-order valence-corrected chi connectivity index (χ0v) is 10.5. The van der Waals surface area contributed by atoms with E-state index >= 15 is 0 Å². The van der Waals surface area contributed by atoms with Crippen LogP contribution in [0.1, 0.15) is 12.8 Å². The Morgan fingerprint density at radius 1 is 1.14 bits per heavy atom. The highest BCUT2D eigenvalue weighted by atomic mass is 19.4. The second-order valence-corrected chi connectivity index (χ2v) is 3.28. The summed E-state index contributed by atoms with van der Waals surface area (Å²) in [6.45, 7) is 6.58. The van der Waals surface area contributed by atoms with Crippen molar-refractivity contribution in [1.82, 2.24) is 4.90 Å². The number of hydrogen-bond acceptors (Lipinski definition) is 1. The molecule has 1 heterocycles. The minimum Gasteiger partial charge on any atom is -0.320 e. The van der Waals surface area contributed by atoms with Crippen molar-refractivity contribution in [2.24, 2.45) is 0 Å². The third-order valence-electron chi connectivity index (χ3n) is 1.75. The first-order valence-electron chi connectivity index (χ1n) is 5.13. The number of alkyl halides is 3. The molecule has 0 aromatic carbocycles. The largest absolute Gasteiger partial charge is 0.448 e. The molecule has 1 amide bonds. The Hall–Kier alpha value is -1.87. The molecule has 0 unspecified atom stereocenters. The molecular weight excluding hydrogens is 314 g/mol.